The van der Waals surface area contributed by atoms with E-state index in [1.54, 1.807) is 12.4 Å². The van der Waals surface area contributed by atoms with Crippen molar-refractivity contribution in [2.75, 3.05) is 0 Å². The molecule has 20 heavy (non-hydrogen) atoms. The van der Waals surface area contributed by atoms with Crippen molar-refractivity contribution in [3.63, 3.8) is 0 Å². The summed E-state index contributed by atoms with van der Waals surface area (Å²) in [4.78, 5) is 4.13. The third-order valence-electron chi connectivity index (χ3n) is 2.93. The largest absolute Gasteiger partial charge is 0.267 e. The molecule has 0 amide bonds. The maximum Gasteiger partial charge on any atom is 0.200 e. The van der Waals surface area contributed by atoms with Crippen LogP contribution >= 0.6 is 28.1 Å². The van der Waals surface area contributed by atoms with Crippen LogP contribution in [0.4, 0.5) is 0 Å². The third kappa shape index (κ3) is 2.32. The van der Waals surface area contributed by atoms with Crippen molar-refractivity contribution in [2.24, 2.45) is 0 Å². The summed E-state index contributed by atoms with van der Waals surface area (Å²) in [6.45, 7) is 2.05. The van der Waals surface area contributed by atoms with E-state index in [1.807, 2.05) is 35.8 Å². The van der Waals surface area contributed by atoms with E-state index in [0.29, 0.717) is 4.77 Å². The van der Waals surface area contributed by atoms with E-state index in [2.05, 4.69) is 37.2 Å². The zero-order valence-corrected chi connectivity index (χ0v) is 13.1. The summed E-state index contributed by atoms with van der Waals surface area (Å²) >= 11 is 8.93. The minimum Gasteiger partial charge on any atom is -0.267 e. The molecule has 0 unspecified atom stereocenters. The number of benzene rings is 1. The summed E-state index contributed by atoms with van der Waals surface area (Å²) in [5, 5.41) is 7.17. The molecule has 3 aromatic rings. The first kappa shape index (κ1) is 13.2. The van der Waals surface area contributed by atoms with E-state index in [-0.39, 0.29) is 0 Å². The number of aromatic nitrogens is 4. The number of hydrogen-bond acceptors (Lipinski definition) is 3. The van der Waals surface area contributed by atoms with Gasteiger partial charge in [-0.25, -0.2) is 0 Å². The monoisotopic (exact) mass is 346 g/mol. The van der Waals surface area contributed by atoms with Crippen molar-refractivity contribution in [3.8, 4) is 17.1 Å². The number of nitrogens with zero attached hydrogens (tertiary/aromatic N) is 3. The number of nitrogens with one attached hydrogen (secondary N) is 1. The molecule has 2 heterocycles. The van der Waals surface area contributed by atoms with Crippen LogP contribution in [0, 0.1) is 11.7 Å². The Balaban J connectivity index is 2.27. The van der Waals surface area contributed by atoms with E-state index in [0.717, 1.165) is 27.1 Å². The van der Waals surface area contributed by atoms with Gasteiger partial charge in [0.25, 0.3) is 0 Å². The maximum absolute atomic E-state index is 5.36. The minimum absolute atomic E-state index is 0.551. The molecule has 3 rings (SSSR count). The molecule has 0 fully saturated rings. The lowest BCUT2D eigenvalue weighted by atomic mass is 10.2. The Labute approximate surface area is 129 Å². The Morgan fingerprint density at radius 3 is 2.90 bits per heavy atom. The van der Waals surface area contributed by atoms with Crippen LogP contribution < -0.4 is 0 Å². The predicted molar refractivity (Wildman–Crippen MR) is 84.4 cm³/mol. The highest BCUT2D eigenvalue weighted by Gasteiger charge is 2.13. The van der Waals surface area contributed by atoms with Crippen LogP contribution in [-0.4, -0.2) is 19.7 Å². The van der Waals surface area contributed by atoms with Gasteiger partial charge in [-0.2, -0.15) is 5.10 Å². The summed E-state index contributed by atoms with van der Waals surface area (Å²) in [6.07, 6.45) is 3.50. The first-order valence-corrected chi connectivity index (χ1v) is 7.21. The van der Waals surface area contributed by atoms with Crippen LogP contribution in [0.1, 0.15) is 5.56 Å². The van der Waals surface area contributed by atoms with Crippen LogP contribution in [0.15, 0.2) is 47.2 Å². The van der Waals surface area contributed by atoms with Gasteiger partial charge in [0.2, 0.25) is 0 Å². The fourth-order valence-corrected chi connectivity index (χ4v) is 2.66. The fraction of sp³-hybridized carbons (Fsp3) is 0.0714. The Kier molecular flexibility index (Phi) is 3.50. The van der Waals surface area contributed by atoms with Crippen molar-refractivity contribution >= 4 is 28.1 Å². The Morgan fingerprint density at radius 1 is 1.30 bits per heavy atom. The van der Waals surface area contributed by atoms with Crippen LogP contribution in [-0.2, 0) is 0 Å². The highest BCUT2D eigenvalue weighted by molar-refractivity contribution is 9.10. The fourth-order valence-electron chi connectivity index (χ4n) is 2.00. The van der Waals surface area contributed by atoms with Crippen molar-refractivity contribution in [1.82, 2.24) is 19.7 Å². The summed E-state index contributed by atoms with van der Waals surface area (Å²) in [5.41, 5.74) is 3.03. The average molecular weight is 347 g/mol. The molecule has 1 aromatic carbocycles. The molecule has 0 saturated heterocycles. The number of aromatic amines is 1. The molecule has 0 aliphatic rings. The normalized spacial score (nSPS) is 10.7. The molecule has 100 valence electrons. The van der Waals surface area contributed by atoms with Crippen LogP contribution in [0.2, 0.25) is 0 Å². The van der Waals surface area contributed by atoms with E-state index >= 15 is 0 Å². The topological polar surface area (TPSA) is 46.5 Å². The summed E-state index contributed by atoms with van der Waals surface area (Å²) in [6, 6.07) is 9.95. The second-order valence-corrected chi connectivity index (χ2v) is 5.63. The van der Waals surface area contributed by atoms with Crippen LogP contribution in [0.25, 0.3) is 17.1 Å². The molecular weight excluding hydrogens is 336 g/mol. The second-order valence-electron chi connectivity index (χ2n) is 4.38. The van der Waals surface area contributed by atoms with Gasteiger partial charge in [-0.05, 0) is 64.9 Å². The Morgan fingerprint density at radius 2 is 2.15 bits per heavy atom. The quantitative estimate of drug-likeness (QED) is 0.711. The predicted octanol–water partition coefficient (Wildman–Crippen LogP) is 4.06. The second kappa shape index (κ2) is 5.30. The van der Waals surface area contributed by atoms with Gasteiger partial charge in [-0.1, -0.05) is 6.07 Å². The highest BCUT2D eigenvalue weighted by Crippen LogP contribution is 2.27. The SMILES string of the molecule is Cc1ccc(Br)c(-n2c(-c3cccnc3)n[nH]c2=S)c1. The van der Waals surface area contributed by atoms with Gasteiger partial charge in [-0.15, -0.1) is 0 Å². The summed E-state index contributed by atoms with van der Waals surface area (Å²) in [5.74, 6) is 0.745. The molecule has 0 spiro atoms. The zero-order chi connectivity index (χ0) is 14.1. The number of rotatable bonds is 2. The van der Waals surface area contributed by atoms with Gasteiger partial charge >= 0.3 is 0 Å². The number of H-pyrrole nitrogens is 1. The third-order valence-corrected chi connectivity index (χ3v) is 3.88. The number of hydrogen-bond donors (Lipinski definition) is 1. The van der Waals surface area contributed by atoms with Crippen molar-refractivity contribution in [3.05, 3.63) is 57.5 Å². The molecule has 1 N–H and O–H groups in total. The van der Waals surface area contributed by atoms with Gasteiger partial charge < -0.3 is 0 Å². The van der Waals surface area contributed by atoms with Crippen LogP contribution in [0.3, 0.4) is 0 Å². The lowest BCUT2D eigenvalue weighted by Crippen LogP contribution is -1.99. The summed E-state index contributed by atoms with van der Waals surface area (Å²) in [7, 11) is 0. The maximum atomic E-state index is 5.36. The molecule has 0 bridgehead atoms. The Hall–Kier alpha value is -1.79. The van der Waals surface area contributed by atoms with Gasteiger partial charge in [0, 0.05) is 22.4 Å². The molecule has 0 atom stereocenters. The standard InChI is InChI=1S/C14H11BrN4S/c1-9-4-5-11(15)12(7-9)19-13(17-18-14(19)20)10-3-2-6-16-8-10/h2-8H,1H3,(H,18,20). The Bertz CT molecular complexity index is 808. The first-order chi connectivity index (χ1) is 9.66. The van der Waals surface area contributed by atoms with Gasteiger partial charge in [0.1, 0.15) is 0 Å². The van der Waals surface area contributed by atoms with Crippen LogP contribution in [0.5, 0.6) is 0 Å². The lowest BCUT2D eigenvalue weighted by molar-refractivity contribution is 1.02. The molecular formula is C14H11BrN4S. The number of pyridine rings is 1. The van der Waals surface area contributed by atoms with E-state index in [1.165, 1.54) is 0 Å². The zero-order valence-electron chi connectivity index (χ0n) is 10.7. The molecule has 0 aliphatic carbocycles. The van der Waals surface area contributed by atoms with E-state index < -0.39 is 0 Å². The van der Waals surface area contributed by atoms with Crippen molar-refractivity contribution < 1.29 is 0 Å². The van der Waals surface area contributed by atoms with Crippen molar-refractivity contribution in [1.29, 1.82) is 0 Å². The average Bonchev–Trinajstić information content (AvgIpc) is 2.84. The van der Waals surface area contributed by atoms with E-state index in [9.17, 15) is 0 Å². The molecule has 0 radical (unpaired) electrons. The molecule has 0 aliphatic heterocycles. The minimum atomic E-state index is 0.551. The molecule has 6 heteroatoms. The highest BCUT2D eigenvalue weighted by atomic mass is 79.9. The smallest absolute Gasteiger partial charge is 0.200 e. The molecule has 2 aromatic heterocycles. The summed E-state index contributed by atoms with van der Waals surface area (Å²) < 4.78 is 3.42. The molecule has 0 saturated carbocycles. The van der Waals surface area contributed by atoms with Gasteiger partial charge in [0.15, 0.2) is 10.6 Å². The number of aryl methyl sites for hydroxylation is 1. The number of halogens is 1. The van der Waals surface area contributed by atoms with Crippen molar-refractivity contribution in [2.45, 2.75) is 6.92 Å². The first-order valence-electron chi connectivity index (χ1n) is 6.01. The molecule has 4 nitrogen and oxygen atoms in total. The van der Waals surface area contributed by atoms with E-state index in [4.69, 9.17) is 12.2 Å². The van der Waals surface area contributed by atoms with Gasteiger partial charge in [-0.3, -0.25) is 14.6 Å². The van der Waals surface area contributed by atoms with Gasteiger partial charge in [0.05, 0.1) is 5.69 Å². The lowest BCUT2D eigenvalue weighted by Gasteiger charge is -2.09.